The van der Waals surface area contributed by atoms with Gasteiger partial charge in [-0.15, -0.1) is 0 Å². The lowest BCUT2D eigenvalue weighted by atomic mass is 10.1. The molecule has 0 aliphatic heterocycles. The van der Waals surface area contributed by atoms with E-state index in [0.29, 0.717) is 6.54 Å². The number of benzene rings is 2. The first kappa shape index (κ1) is 19.6. The van der Waals surface area contributed by atoms with Gasteiger partial charge in [-0.05, 0) is 44.0 Å². The van der Waals surface area contributed by atoms with Crippen LogP contribution < -0.4 is 10.6 Å². The standard InChI is InChI=1S/C21H29N3O2/c1-21(2,3)26-20(25)24(5)15-17-12-10-16(11-13-17)14-23-19-9-7-6-8-18(19)22-4/h6-13,22-23H,14-15H2,1-5H3. The zero-order valence-electron chi connectivity index (χ0n) is 16.3. The number of carbonyl (C=O) groups is 1. The third-order valence-electron chi connectivity index (χ3n) is 3.83. The van der Waals surface area contributed by atoms with Crippen molar-refractivity contribution in [3.05, 3.63) is 59.7 Å². The number of para-hydroxylation sites is 2. The van der Waals surface area contributed by atoms with Crippen molar-refractivity contribution in [2.24, 2.45) is 0 Å². The summed E-state index contributed by atoms with van der Waals surface area (Å²) in [6.07, 6.45) is -0.313. The Morgan fingerprint density at radius 3 is 2.15 bits per heavy atom. The van der Waals surface area contributed by atoms with Crippen molar-refractivity contribution in [1.29, 1.82) is 0 Å². The van der Waals surface area contributed by atoms with Crippen LogP contribution in [0.15, 0.2) is 48.5 Å². The highest BCUT2D eigenvalue weighted by atomic mass is 16.6. The third-order valence-corrected chi connectivity index (χ3v) is 3.83. The molecule has 0 spiro atoms. The molecule has 0 saturated heterocycles. The van der Waals surface area contributed by atoms with Crippen molar-refractivity contribution in [3.63, 3.8) is 0 Å². The Morgan fingerprint density at radius 1 is 1.00 bits per heavy atom. The van der Waals surface area contributed by atoms with E-state index in [4.69, 9.17) is 4.74 Å². The second-order valence-corrected chi connectivity index (χ2v) is 7.30. The Kier molecular flexibility index (Phi) is 6.50. The number of ether oxygens (including phenoxy) is 1. The summed E-state index contributed by atoms with van der Waals surface area (Å²) in [6.45, 7) is 6.86. The summed E-state index contributed by atoms with van der Waals surface area (Å²) in [4.78, 5) is 13.6. The number of hydrogen-bond donors (Lipinski definition) is 2. The van der Waals surface area contributed by atoms with Gasteiger partial charge in [-0.25, -0.2) is 4.79 Å². The molecule has 0 radical (unpaired) electrons. The zero-order valence-corrected chi connectivity index (χ0v) is 16.3. The smallest absolute Gasteiger partial charge is 0.410 e. The van der Waals surface area contributed by atoms with E-state index in [1.54, 1.807) is 11.9 Å². The van der Waals surface area contributed by atoms with Crippen LogP contribution in [0.4, 0.5) is 16.2 Å². The summed E-state index contributed by atoms with van der Waals surface area (Å²) in [6, 6.07) is 16.4. The first-order valence-corrected chi connectivity index (χ1v) is 8.81. The van der Waals surface area contributed by atoms with E-state index in [0.717, 1.165) is 23.5 Å². The lowest BCUT2D eigenvalue weighted by molar-refractivity contribution is 0.0285. The lowest BCUT2D eigenvalue weighted by Crippen LogP contribution is -2.33. The molecule has 0 unspecified atom stereocenters. The monoisotopic (exact) mass is 355 g/mol. The minimum Gasteiger partial charge on any atom is -0.444 e. The average molecular weight is 355 g/mol. The number of rotatable bonds is 6. The van der Waals surface area contributed by atoms with E-state index in [9.17, 15) is 4.79 Å². The van der Waals surface area contributed by atoms with E-state index < -0.39 is 5.60 Å². The van der Waals surface area contributed by atoms with Crippen LogP contribution in [-0.4, -0.2) is 30.7 Å². The highest BCUT2D eigenvalue weighted by Gasteiger charge is 2.19. The van der Waals surface area contributed by atoms with Crippen LogP contribution in [-0.2, 0) is 17.8 Å². The van der Waals surface area contributed by atoms with Gasteiger partial charge in [0.05, 0.1) is 11.4 Å². The number of hydrogen-bond acceptors (Lipinski definition) is 4. The fourth-order valence-corrected chi connectivity index (χ4v) is 2.49. The molecule has 1 amide bonds. The van der Waals surface area contributed by atoms with Crippen LogP contribution >= 0.6 is 0 Å². The summed E-state index contributed by atoms with van der Waals surface area (Å²) < 4.78 is 5.38. The maximum absolute atomic E-state index is 12.0. The quantitative estimate of drug-likeness (QED) is 0.788. The largest absolute Gasteiger partial charge is 0.444 e. The Morgan fingerprint density at radius 2 is 1.58 bits per heavy atom. The summed E-state index contributed by atoms with van der Waals surface area (Å²) >= 11 is 0. The van der Waals surface area contributed by atoms with E-state index in [-0.39, 0.29) is 6.09 Å². The topological polar surface area (TPSA) is 53.6 Å². The summed E-state index contributed by atoms with van der Waals surface area (Å²) in [5.41, 5.74) is 3.91. The van der Waals surface area contributed by atoms with Gasteiger partial charge >= 0.3 is 6.09 Å². The first-order chi connectivity index (χ1) is 12.3. The highest BCUT2D eigenvalue weighted by molar-refractivity contribution is 5.68. The summed E-state index contributed by atoms with van der Waals surface area (Å²) in [7, 11) is 3.66. The van der Waals surface area contributed by atoms with Gasteiger partial charge in [0.1, 0.15) is 5.60 Å². The molecule has 0 aromatic heterocycles. The molecule has 2 aromatic carbocycles. The van der Waals surface area contributed by atoms with Crippen LogP contribution in [0.5, 0.6) is 0 Å². The molecule has 26 heavy (non-hydrogen) atoms. The van der Waals surface area contributed by atoms with Gasteiger partial charge in [0, 0.05) is 27.2 Å². The predicted octanol–water partition coefficient (Wildman–Crippen LogP) is 4.71. The normalized spacial score (nSPS) is 11.0. The molecule has 2 rings (SSSR count). The lowest BCUT2D eigenvalue weighted by Gasteiger charge is -2.24. The van der Waals surface area contributed by atoms with Crippen molar-refractivity contribution in [3.8, 4) is 0 Å². The first-order valence-electron chi connectivity index (χ1n) is 8.81. The molecule has 2 aromatic rings. The summed E-state index contributed by atoms with van der Waals surface area (Å²) in [5.74, 6) is 0. The molecule has 0 heterocycles. The number of nitrogens with one attached hydrogen (secondary N) is 2. The molecule has 5 nitrogen and oxygen atoms in total. The highest BCUT2D eigenvalue weighted by Crippen LogP contribution is 2.21. The van der Waals surface area contributed by atoms with Crippen molar-refractivity contribution in [2.75, 3.05) is 24.7 Å². The second-order valence-electron chi connectivity index (χ2n) is 7.30. The van der Waals surface area contributed by atoms with Crippen molar-refractivity contribution >= 4 is 17.5 Å². The zero-order chi connectivity index (χ0) is 19.2. The molecular formula is C21H29N3O2. The van der Waals surface area contributed by atoms with Crippen LogP contribution in [0.3, 0.4) is 0 Å². The number of amides is 1. The Labute approximate surface area is 156 Å². The van der Waals surface area contributed by atoms with E-state index in [1.807, 2.05) is 58.2 Å². The van der Waals surface area contributed by atoms with E-state index >= 15 is 0 Å². The van der Waals surface area contributed by atoms with Crippen LogP contribution in [0.2, 0.25) is 0 Å². The van der Waals surface area contributed by atoms with Crippen LogP contribution in [0.25, 0.3) is 0 Å². The van der Waals surface area contributed by atoms with Crippen LogP contribution in [0, 0.1) is 0 Å². The SMILES string of the molecule is CNc1ccccc1NCc1ccc(CN(C)C(=O)OC(C)(C)C)cc1. The van der Waals surface area contributed by atoms with E-state index in [1.165, 1.54) is 5.56 Å². The molecule has 0 bridgehead atoms. The molecule has 0 aliphatic rings. The molecule has 0 aliphatic carbocycles. The number of nitrogens with zero attached hydrogens (tertiary/aromatic N) is 1. The average Bonchev–Trinajstić information content (AvgIpc) is 2.60. The third kappa shape index (κ3) is 5.99. The van der Waals surface area contributed by atoms with Crippen LogP contribution in [0.1, 0.15) is 31.9 Å². The van der Waals surface area contributed by atoms with Crippen molar-refractivity contribution in [1.82, 2.24) is 4.90 Å². The molecule has 5 heteroatoms. The van der Waals surface area contributed by atoms with Gasteiger partial charge in [0.2, 0.25) is 0 Å². The van der Waals surface area contributed by atoms with Gasteiger partial charge in [-0.2, -0.15) is 0 Å². The fourth-order valence-electron chi connectivity index (χ4n) is 2.49. The van der Waals surface area contributed by atoms with Gasteiger partial charge in [-0.3, -0.25) is 0 Å². The minimum absolute atomic E-state index is 0.313. The molecule has 2 N–H and O–H groups in total. The number of carbonyl (C=O) groups excluding carboxylic acids is 1. The Bertz CT molecular complexity index is 721. The van der Waals surface area contributed by atoms with Gasteiger partial charge < -0.3 is 20.3 Å². The Balaban J connectivity index is 1.91. The van der Waals surface area contributed by atoms with Gasteiger partial charge in [0.25, 0.3) is 0 Å². The minimum atomic E-state index is -0.482. The molecule has 140 valence electrons. The number of anilines is 2. The maximum atomic E-state index is 12.0. The predicted molar refractivity (Wildman–Crippen MR) is 107 cm³/mol. The van der Waals surface area contributed by atoms with E-state index in [2.05, 4.69) is 28.8 Å². The molecule has 0 atom stereocenters. The molecule has 0 fully saturated rings. The Hall–Kier alpha value is -2.69. The second kappa shape index (κ2) is 8.61. The van der Waals surface area contributed by atoms with Crippen molar-refractivity contribution in [2.45, 2.75) is 39.5 Å². The molecule has 0 saturated carbocycles. The summed E-state index contributed by atoms with van der Waals surface area (Å²) in [5, 5.41) is 6.61. The molecular weight excluding hydrogens is 326 g/mol. The van der Waals surface area contributed by atoms with Gasteiger partial charge in [0.15, 0.2) is 0 Å². The fraction of sp³-hybridized carbons (Fsp3) is 0.381. The van der Waals surface area contributed by atoms with Gasteiger partial charge in [-0.1, -0.05) is 36.4 Å². The van der Waals surface area contributed by atoms with Crippen molar-refractivity contribution < 1.29 is 9.53 Å². The maximum Gasteiger partial charge on any atom is 0.410 e.